The molecule has 1 saturated carbocycles. The molecule has 4 nitrogen and oxygen atoms in total. The lowest BCUT2D eigenvalue weighted by molar-refractivity contribution is -0.116. The van der Waals surface area contributed by atoms with Crippen molar-refractivity contribution in [3.63, 3.8) is 0 Å². The lowest BCUT2D eigenvalue weighted by atomic mass is 10.1. The summed E-state index contributed by atoms with van der Waals surface area (Å²) in [6, 6.07) is 6.20. The maximum absolute atomic E-state index is 12.0. The van der Waals surface area contributed by atoms with E-state index in [1.165, 1.54) is 12.8 Å². The molecule has 0 saturated heterocycles. The van der Waals surface area contributed by atoms with Crippen LogP contribution in [0.2, 0.25) is 0 Å². The number of benzene rings is 1. The van der Waals surface area contributed by atoms with Crippen LogP contribution in [0.3, 0.4) is 0 Å². The number of nitrogen functional groups attached to an aromatic ring is 1. The van der Waals surface area contributed by atoms with Gasteiger partial charge in [-0.1, -0.05) is 0 Å². The van der Waals surface area contributed by atoms with Crippen molar-refractivity contribution >= 4 is 17.3 Å². The van der Waals surface area contributed by atoms with E-state index in [1.807, 2.05) is 25.1 Å². The number of rotatable bonds is 7. The first-order valence-corrected chi connectivity index (χ1v) is 7.83. The fourth-order valence-corrected chi connectivity index (χ4v) is 2.67. The number of aryl methyl sites for hydroxylation is 1. The Morgan fingerprint density at radius 2 is 2.19 bits per heavy atom. The molecule has 0 radical (unpaired) electrons. The molecule has 1 aliphatic rings. The first-order valence-electron chi connectivity index (χ1n) is 7.83. The predicted octanol–water partition coefficient (Wildman–Crippen LogP) is 3.03. The number of nitrogens with two attached hydrogens (primary N) is 1. The van der Waals surface area contributed by atoms with Gasteiger partial charge in [-0.2, -0.15) is 0 Å². The van der Waals surface area contributed by atoms with Gasteiger partial charge in [0.05, 0.1) is 0 Å². The van der Waals surface area contributed by atoms with Gasteiger partial charge < -0.3 is 16.0 Å². The Hall–Kier alpha value is -1.55. The summed E-state index contributed by atoms with van der Waals surface area (Å²) in [6.45, 7) is 5.22. The molecule has 1 aromatic carbocycles. The van der Waals surface area contributed by atoms with Gasteiger partial charge in [0.15, 0.2) is 0 Å². The molecule has 1 aliphatic carbocycles. The molecule has 1 amide bonds. The number of nitrogens with zero attached hydrogens (tertiary/aromatic N) is 1. The van der Waals surface area contributed by atoms with Crippen molar-refractivity contribution in [3.8, 4) is 0 Å². The summed E-state index contributed by atoms with van der Waals surface area (Å²) < 4.78 is 0. The number of amides is 1. The molecule has 21 heavy (non-hydrogen) atoms. The van der Waals surface area contributed by atoms with Gasteiger partial charge in [0.25, 0.3) is 0 Å². The Morgan fingerprint density at radius 1 is 1.48 bits per heavy atom. The van der Waals surface area contributed by atoms with Crippen molar-refractivity contribution in [2.75, 3.05) is 24.6 Å². The second-order valence-corrected chi connectivity index (χ2v) is 6.28. The van der Waals surface area contributed by atoms with E-state index in [-0.39, 0.29) is 5.91 Å². The molecule has 0 aliphatic heterocycles. The number of carbonyl (C=O) groups is 1. The molecular formula is C17H27N3O. The van der Waals surface area contributed by atoms with Crippen molar-refractivity contribution in [1.29, 1.82) is 0 Å². The zero-order valence-corrected chi connectivity index (χ0v) is 13.4. The fourth-order valence-electron chi connectivity index (χ4n) is 2.67. The van der Waals surface area contributed by atoms with Crippen LogP contribution in [0.4, 0.5) is 11.4 Å². The quantitative estimate of drug-likeness (QED) is 0.759. The van der Waals surface area contributed by atoms with Crippen molar-refractivity contribution in [1.82, 2.24) is 4.90 Å². The van der Waals surface area contributed by atoms with Crippen LogP contribution in [0.1, 0.15) is 38.2 Å². The van der Waals surface area contributed by atoms with E-state index in [0.717, 1.165) is 35.8 Å². The standard InChI is InChI=1S/C17H27N3O/c1-12-11-15(18)8-9-16(12)19-17(21)5-4-10-20(3)13(2)14-6-7-14/h8-9,11,13-14H,4-7,10,18H2,1-3H3,(H,19,21). The SMILES string of the molecule is Cc1cc(N)ccc1NC(=O)CCCN(C)C(C)C1CC1. The molecule has 0 aromatic heterocycles. The third kappa shape index (κ3) is 4.74. The van der Waals surface area contributed by atoms with Gasteiger partial charge in [0.2, 0.25) is 5.91 Å². The second kappa shape index (κ2) is 6.94. The van der Waals surface area contributed by atoms with Gasteiger partial charge in [-0.15, -0.1) is 0 Å². The van der Waals surface area contributed by atoms with Gasteiger partial charge in [0, 0.05) is 23.8 Å². The molecular weight excluding hydrogens is 262 g/mol. The molecule has 1 unspecified atom stereocenters. The minimum atomic E-state index is 0.0790. The Bertz CT molecular complexity index is 497. The van der Waals surface area contributed by atoms with E-state index >= 15 is 0 Å². The van der Waals surface area contributed by atoms with Crippen LogP contribution >= 0.6 is 0 Å². The maximum atomic E-state index is 12.0. The summed E-state index contributed by atoms with van der Waals surface area (Å²) in [5.74, 6) is 0.955. The van der Waals surface area contributed by atoms with Crippen LogP contribution in [-0.4, -0.2) is 30.4 Å². The molecule has 1 atom stereocenters. The van der Waals surface area contributed by atoms with Crippen LogP contribution in [0.5, 0.6) is 0 Å². The normalized spacial score (nSPS) is 16.0. The third-order valence-electron chi connectivity index (χ3n) is 4.44. The zero-order chi connectivity index (χ0) is 15.4. The van der Waals surface area contributed by atoms with Gasteiger partial charge in [-0.05, 0) is 76.4 Å². The Morgan fingerprint density at radius 3 is 2.81 bits per heavy atom. The highest BCUT2D eigenvalue weighted by molar-refractivity contribution is 5.91. The highest BCUT2D eigenvalue weighted by atomic mass is 16.1. The van der Waals surface area contributed by atoms with Gasteiger partial charge in [-0.25, -0.2) is 0 Å². The average Bonchev–Trinajstić information content (AvgIpc) is 3.25. The van der Waals surface area contributed by atoms with Crippen LogP contribution in [0, 0.1) is 12.8 Å². The van der Waals surface area contributed by atoms with Gasteiger partial charge in [0.1, 0.15) is 0 Å². The van der Waals surface area contributed by atoms with Crippen LogP contribution < -0.4 is 11.1 Å². The summed E-state index contributed by atoms with van der Waals surface area (Å²) in [5, 5.41) is 2.96. The summed E-state index contributed by atoms with van der Waals surface area (Å²) in [5.41, 5.74) is 8.29. The maximum Gasteiger partial charge on any atom is 0.224 e. The number of hydrogen-bond donors (Lipinski definition) is 2. The van der Waals surface area contributed by atoms with E-state index in [0.29, 0.717) is 12.5 Å². The fraction of sp³-hybridized carbons (Fsp3) is 0.588. The van der Waals surface area contributed by atoms with E-state index in [2.05, 4.69) is 24.2 Å². The summed E-state index contributed by atoms with van der Waals surface area (Å²) >= 11 is 0. The van der Waals surface area contributed by atoms with Crippen LogP contribution in [0.25, 0.3) is 0 Å². The van der Waals surface area contributed by atoms with Crippen LogP contribution in [0.15, 0.2) is 18.2 Å². The summed E-state index contributed by atoms with van der Waals surface area (Å²) in [4.78, 5) is 14.4. The highest BCUT2D eigenvalue weighted by Gasteiger charge is 2.30. The highest BCUT2D eigenvalue weighted by Crippen LogP contribution is 2.34. The molecule has 116 valence electrons. The van der Waals surface area contributed by atoms with E-state index < -0.39 is 0 Å². The summed E-state index contributed by atoms with van der Waals surface area (Å²) in [7, 11) is 2.16. The Balaban J connectivity index is 1.71. The average molecular weight is 289 g/mol. The number of hydrogen-bond acceptors (Lipinski definition) is 3. The number of carbonyl (C=O) groups excluding carboxylic acids is 1. The second-order valence-electron chi connectivity index (χ2n) is 6.28. The lowest BCUT2D eigenvalue weighted by Gasteiger charge is -2.24. The molecule has 1 aromatic rings. The van der Waals surface area contributed by atoms with Gasteiger partial charge >= 0.3 is 0 Å². The Kier molecular flexibility index (Phi) is 5.23. The Labute approximate surface area is 127 Å². The lowest BCUT2D eigenvalue weighted by Crippen LogP contribution is -2.32. The molecule has 3 N–H and O–H groups in total. The smallest absolute Gasteiger partial charge is 0.224 e. The molecule has 2 rings (SSSR count). The van der Waals surface area contributed by atoms with Crippen molar-refractivity contribution in [2.24, 2.45) is 5.92 Å². The van der Waals surface area contributed by atoms with Crippen LogP contribution in [-0.2, 0) is 4.79 Å². The molecule has 1 fully saturated rings. The minimum absolute atomic E-state index is 0.0790. The third-order valence-corrected chi connectivity index (χ3v) is 4.44. The molecule has 4 heteroatoms. The number of nitrogens with one attached hydrogen (secondary N) is 1. The van der Waals surface area contributed by atoms with E-state index in [4.69, 9.17) is 5.73 Å². The topological polar surface area (TPSA) is 58.4 Å². The number of anilines is 2. The summed E-state index contributed by atoms with van der Waals surface area (Å²) in [6.07, 6.45) is 4.18. The van der Waals surface area contributed by atoms with E-state index in [9.17, 15) is 4.79 Å². The minimum Gasteiger partial charge on any atom is -0.399 e. The molecule has 0 heterocycles. The predicted molar refractivity (Wildman–Crippen MR) is 88.3 cm³/mol. The largest absolute Gasteiger partial charge is 0.399 e. The first kappa shape index (κ1) is 15.8. The van der Waals surface area contributed by atoms with Crippen molar-refractivity contribution in [2.45, 2.75) is 45.6 Å². The first-order chi connectivity index (χ1) is 9.97. The molecule has 0 spiro atoms. The zero-order valence-electron chi connectivity index (χ0n) is 13.4. The monoisotopic (exact) mass is 289 g/mol. The van der Waals surface area contributed by atoms with E-state index in [1.54, 1.807) is 0 Å². The van der Waals surface area contributed by atoms with Crippen molar-refractivity contribution in [3.05, 3.63) is 23.8 Å². The molecule has 0 bridgehead atoms. The van der Waals surface area contributed by atoms with Crippen molar-refractivity contribution < 1.29 is 4.79 Å². The van der Waals surface area contributed by atoms with Gasteiger partial charge in [-0.3, -0.25) is 4.79 Å².